The first-order valence-electron chi connectivity index (χ1n) is 8.07. The number of benzene rings is 1. The summed E-state index contributed by atoms with van der Waals surface area (Å²) >= 11 is 1.37. The SMILES string of the molecule is CCCNC(=O)c1nnn(-c2ccc(F)cc2)c1CSc1ncccn1. The first-order chi connectivity index (χ1) is 12.7. The van der Waals surface area contributed by atoms with E-state index in [0.717, 1.165) is 6.42 Å². The molecule has 3 aromatic rings. The van der Waals surface area contributed by atoms with E-state index in [9.17, 15) is 9.18 Å². The predicted molar refractivity (Wildman–Crippen MR) is 95.5 cm³/mol. The Morgan fingerprint density at radius 3 is 2.65 bits per heavy atom. The first kappa shape index (κ1) is 18.0. The van der Waals surface area contributed by atoms with Crippen LogP contribution in [0.2, 0.25) is 0 Å². The van der Waals surface area contributed by atoms with Gasteiger partial charge in [-0.25, -0.2) is 19.0 Å². The van der Waals surface area contributed by atoms with Gasteiger partial charge in [-0.05, 0) is 36.8 Å². The lowest BCUT2D eigenvalue weighted by molar-refractivity contribution is 0.0948. The molecule has 0 saturated carbocycles. The highest BCUT2D eigenvalue weighted by Crippen LogP contribution is 2.22. The van der Waals surface area contributed by atoms with Gasteiger partial charge in [-0.2, -0.15) is 0 Å². The quantitative estimate of drug-likeness (QED) is 0.507. The van der Waals surface area contributed by atoms with Crippen LogP contribution < -0.4 is 5.32 Å². The second kappa shape index (κ2) is 8.52. The van der Waals surface area contributed by atoms with Gasteiger partial charge in [0, 0.05) is 24.7 Å². The Hall–Kier alpha value is -2.81. The molecule has 0 fully saturated rings. The maximum Gasteiger partial charge on any atom is 0.273 e. The van der Waals surface area contributed by atoms with Crippen LogP contribution >= 0.6 is 11.8 Å². The van der Waals surface area contributed by atoms with E-state index in [4.69, 9.17) is 0 Å². The van der Waals surface area contributed by atoms with Crippen LogP contribution in [0.1, 0.15) is 29.5 Å². The van der Waals surface area contributed by atoms with E-state index in [0.29, 0.717) is 28.8 Å². The molecule has 0 unspecified atom stereocenters. The molecule has 0 spiro atoms. The number of thioether (sulfide) groups is 1. The van der Waals surface area contributed by atoms with Gasteiger partial charge in [0.1, 0.15) is 5.82 Å². The van der Waals surface area contributed by atoms with Crippen LogP contribution in [-0.2, 0) is 5.75 Å². The molecule has 2 aromatic heterocycles. The molecule has 0 aliphatic carbocycles. The van der Waals surface area contributed by atoms with E-state index in [-0.39, 0.29) is 17.4 Å². The zero-order valence-corrected chi connectivity index (χ0v) is 14.9. The molecule has 0 saturated heterocycles. The molecule has 2 heterocycles. The number of rotatable bonds is 7. The Balaban J connectivity index is 1.92. The molecule has 134 valence electrons. The predicted octanol–water partition coefficient (Wildman–Crippen LogP) is 2.63. The average Bonchev–Trinajstić information content (AvgIpc) is 3.10. The fourth-order valence-electron chi connectivity index (χ4n) is 2.21. The maximum atomic E-state index is 13.2. The van der Waals surface area contributed by atoms with Gasteiger partial charge in [0.2, 0.25) is 0 Å². The van der Waals surface area contributed by atoms with Crippen molar-refractivity contribution in [3.05, 3.63) is 59.9 Å². The Bertz CT molecular complexity index is 869. The Labute approximate surface area is 154 Å². The van der Waals surface area contributed by atoms with Crippen LogP contribution in [0.15, 0.2) is 47.9 Å². The first-order valence-corrected chi connectivity index (χ1v) is 9.06. The highest BCUT2D eigenvalue weighted by Gasteiger charge is 2.21. The Morgan fingerprint density at radius 2 is 1.96 bits per heavy atom. The highest BCUT2D eigenvalue weighted by molar-refractivity contribution is 7.98. The highest BCUT2D eigenvalue weighted by atomic mass is 32.2. The fourth-order valence-corrected chi connectivity index (χ4v) is 3.01. The molecule has 0 aliphatic heterocycles. The van der Waals surface area contributed by atoms with Crippen molar-refractivity contribution in [3.8, 4) is 5.69 Å². The van der Waals surface area contributed by atoms with E-state index >= 15 is 0 Å². The molecule has 0 aliphatic rings. The van der Waals surface area contributed by atoms with Crippen molar-refractivity contribution in [3.63, 3.8) is 0 Å². The third-order valence-electron chi connectivity index (χ3n) is 3.47. The minimum Gasteiger partial charge on any atom is -0.351 e. The molecular formula is C17H17FN6OS. The molecule has 0 radical (unpaired) electrons. The van der Waals surface area contributed by atoms with E-state index in [1.807, 2.05) is 6.92 Å². The van der Waals surface area contributed by atoms with Crippen molar-refractivity contribution < 1.29 is 9.18 Å². The minimum absolute atomic E-state index is 0.242. The molecule has 3 rings (SSSR count). The van der Waals surface area contributed by atoms with Gasteiger partial charge >= 0.3 is 0 Å². The van der Waals surface area contributed by atoms with E-state index < -0.39 is 0 Å². The van der Waals surface area contributed by atoms with Crippen LogP contribution in [0.25, 0.3) is 5.69 Å². The molecule has 7 nitrogen and oxygen atoms in total. The van der Waals surface area contributed by atoms with Crippen molar-refractivity contribution in [1.82, 2.24) is 30.3 Å². The van der Waals surface area contributed by atoms with Gasteiger partial charge in [0.15, 0.2) is 10.9 Å². The third kappa shape index (κ3) is 4.23. The molecule has 1 amide bonds. The molecule has 9 heteroatoms. The van der Waals surface area contributed by atoms with Crippen LogP contribution in [0.3, 0.4) is 0 Å². The third-order valence-corrected chi connectivity index (χ3v) is 4.35. The van der Waals surface area contributed by atoms with Crippen molar-refractivity contribution in [2.24, 2.45) is 0 Å². The number of hydrogen-bond donors (Lipinski definition) is 1. The normalized spacial score (nSPS) is 10.7. The number of hydrogen-bond acceptors (Lipinski definition) is 6. The molecule has 0 bridgehead atoms. The summed E-state index contributed by atoms with van der Waals surface area (Å²) in [7, 11) is 0. The maximum absolute atomic E-state index is 13.2. The molecule has 0 atom stereocenters. The van der Waals surface area contributed by atoms with Crippen molar-refractivity contribution in [2.45, 2.75) is 24.3 Å². The number of halogens is 1. The molecule has 1 aromatic carbocycles. The summed E-state index contributed by atoms with van der Waals surface area (Å²) in [5.41, 5.74) is 1.46. The smallest absolute Gasteiger partial charge is 0.273 e. The van der Waals surface area contributed by atoms with Gasteiger partial charge in [-0.3, -0.25) is 4.79 Å². The zero-order valence-electron chi connectivity index (χ0n) is 14.1. The lowest BCUT2D eigenvalue weighted by Gasteiger charge is -2.08. The number of nitrogens with zero attached hydrogens (tertiary/aromatic N) is 5. The molecular weight excluding hydrogens is 355 g/mol. The number of carbonyl (C=O) groups is 1. The second-order valence-electron chi connectivity index (χ2n) is 5.35. The van der Waals surface area contributed by atoms with E-state index in [2.05, 4.69) is 25.6 Å². The van der Waals surface area contributed by atoms with Crippen molar-refractivity contribution in [1.29, 1.82) is 0 Å². The van der Waals surface area contributed by atoms with Crippen LogP contribution in [0.5, 0.6) is 0 Å². The lowest BCUT2D eigenvalue weighted by Crippen LogP contribution is -2.25. The lowest BCUT2D eigenvalue weighted by atomic mass is 10.2. The zero-order chi connectivity index (χ0) is 18.4. The van der Waals surface area contributed by atoms with Crippen LogP contribution in [0, 0.1) is 5.82 Å². The Morgan fingerprint density at radius 1 is 1.23 bits per heavy atom. The van der Waals surface area contributed by atoms with Crippen LogP contribution in [0.4, 0.5) is 4.39 Å². The average molecular weight is 372 g/mol. The summed E-state index contributed by atoms with van der Waals surface area (Å²) in [5, 5.41) is 11.5. The number of aromatic nitrogens is 5. The minimum atomic E-state index is -0.344. The number of carbonyl (C=O) groups excluding carboxylic acids is 1. The van der Waals surface area contributed by atoms with E-state index in [1.54, 1.807) is 30.6 Å². The van der Waals surface area contributed by atoms with Gasteiger partial charge < -0.3 is 5.32 Å². The molecule has 26 heavy (non-hydrogen) atoms. The van der Waals surface area contributed by atoms with E-state index in [1.165, 1.54) is 28.6 Å². The van der Waals surface area contributed by atoms with Crippen LogP contribution in [-0.4, -0.2) is 37.4 Å². The molecule has 1 N–H and O–H groups in total. The van der Waals surface area contributed by atoms with Gasteiger partial charge in [-0.1, -0.05) is 23.9 Å². The standard InChI is InChI=1S/C17H17FN6OS/c1-2-8-19-16(25)15-14(11-26-17-20-9-3-10-21-17)24(23-22-15)13-6-4-12(18)5-7-13/h3-7,9-10H,2,8,11H2,1H3,(H,19,25). The summed E-state index contributed by atoms with van der Waals surface area (Å²) in [4.78, 5) is 20.7. The number of amides is 1. The summed E-state index contributed by atoms with van der Waals surface area (Å²) in [6.45, 7) is 2.52. The van der Waals surface area contributed by atoms with Crippen molar-refractivity contribution >= 4 is 17.7 Å². The Kier molecular flexibility index (Phi) is 5.90. The monoisotopic (exact) mass is 372 g/mol. The number of nitrogens with one attached hydrogen (secondary N) is 1. The largest absolute Gasteiger partial charge is 0.351 e. The summed E-state index contributed by atoms with van der Waals surface area (Å²) in [6.07, 6.45) is 4.12. The summed E-state index contributed by atoms with van der Waals surface area (Å²) in [5.74, 6) is -0.239. The van der Waals surface area contributed by atoms with Crippen molar-refractivity contribution in [2.75, 3.05) is 6.54 Å². The topological polar surface area (TPSA) is 85.6 Å². The van der Waals surface area contributed by atoms with Gasteiger partial charge in [0.05, 0.1) is 11.4 Å². The summed E-state index contributed by atoms with van der Waals surface area (Å²) in [6, 6.07) is 7.59. The van der Waals surface area contributed by atoms with Gasteiger partial charge in [-0.15, -0.1) is 5.10 Å². The fraction of sp³-hybridized carbons (Fsp3) is 0.235. The second-order valence-corrected chi connectivity index (χ2v) is 6.29. The van der Waals surface area contributed by atoms with Gasteiger partial charge in [0.25, 0.3) is 5.91 Å². The summed E-state index contributed by atoms with van der Waals surface area (Å²) < 4.78 is 14.8.